The van der Waals surface area contributed by atoms with Crippen molar-refractivity contribution < 1.29 is 22.6 Å². The highest BCUT2D eigenvalue weighted by atomic mass is 32.2. The van der Waals surface area contributed by atoms with Gasteiger partial charge in [0.25, 0.3) is 5.88 Å². The summed E-state index contributed by atoms with van der Waals surface area (Å²) in [6, 6.07) is 1.33. The van der Waals surface area contributed by atoms with E-state index >= 15 is 0 Å². The zero-order valence-electron chi connectivity index (χ0n) is 18.6. The van der Waals surface area contributed by atoms with Crippen LogP contribution in [0.1, 0.15) is 24.4 Å². The summed E-state index contributed by atoms with van der Waals surface area (Å²) >= 11 is 0. The number of nitrogens with one attached hydrogen (secondary N) is 1. The third-order valence-electron chi connectivity index (χ3n) is 4.91. The Morgan fingerprint density at radius 1 is 1.24 bits per heavy atom. The fourth-order valence-electron chi connectivity index (χ4n) is 3.41. The molecule has 0 spiro atoms. The lowest BCUT2D eigenvalue weighted by Crippen LogP contribution is -2.26. The highest BCUT2D eigenvalue weighted by Crippen LogP contribution is 2.40. The summed E-state index contributed by atoms with van der Waals surface area (Å²) < 4.78 is 46.8. The van der Waals surface area contributed by atoms with E-state index in [9.17, 15) is 8.42 Å². The molecule has 0 saturated heterocycles. The zero-order valence-corrected chi connectivity index (χ0v) is 19.4. The fourth-order valence-corrected chi connectivity index (χ4v) is 4.38. The lowest BCUT2D eigenvalue weighted by Gasteiger charge is -2.19. The van der Waals surface area contributed by atoms with Gasteiger partial charge in [0.2, 0.25) is 16.0 Å². The van der Waals surface area contributed by atoms with E-state index in [1.165, 1.54) is 0 Å². The molecule has 0 aromatic carbocycles. The molecule has 33 heavy (non-hydrogen) atoms. The number of fused-ring (bicyclic) bond motifs is 3. The number of sulfonamides is 1. The van der Waals surface area contributed by atoms with Gasteiger partial charge in [0.15, 0.2) is 11.6 Å². The van der Waals surface area contributed by atoms with E-state index in [2.05, 4.69) is 29.9 Å². The average Bonchev–Trinajstić information content (AvgIpc) is 3.11. The summed E-state index contributed by atoms with van der Waals surface area (Å²) in [5.74, 6) is 1.50. The SMILES string of the molecule is CCOc1nccc2c1OC[C@@H](COC)n1c(NS(=O)(=O)CCc3ncc(C)cn3)nnc1-2. The van der Waals surface area contributed by atoms with Crippen molar-refractivity contribution in [1.29, 1.82) is 0 Å². The Labute approximate surface area is 191 Å². The van der Waals surface area contributed by atoms with Crippen LogP contribution in [0.4, 0.5) is 5.95 Å². The van der Waals surface area contributed by atoms with Gasteiger partial charge in [-0.3, -0.25) is 9.29 Å². The van der Waals surface area contributed by atoms with Crippen molar-refractivity contribution in [3.63, 3.8) is 0 Å². The van der Waals surface area contributed by atoms with Gasteiger partial charge in [-0.25, -0.2) is 23.4 Å². The molecular weight excluding hydrogens is 450 g/mol. The molecule has 1 atom stereocenters. The predicted molar refractivity (Wildman–Crippen MR) is 119 cm³/mol. The van der Waals surface area contributed by atoms with Crippen molar-refractivity contribution in [1.82, 2.24) is 29.7 Å². The number of ether oxygens (including phenoxy) is 3. The first-order valence-corrected chi connectivity index (χ1v) is 12.0. The molecule has 12 nitrogen and oxygen atoms in total. The summed E-state index contributed by atoms with van der Waals surface area (Å²) in [5.41, 5.74) is 1.50. The van der Waals surface area contributed by atoms with Gasteiger partial charge in [-0.15, -0.1) is 10.2 Å². The predicted octanol–water partition coefficient (Wildman–Crippen LogP) is 1.40. The van der Waals surface area contributed by atoms with Gasteiger partial charge in [0, 0.05) is 32.1 Å². The maximum Gasteiger partial charge on any atom is 0.257 e. The number of hydrogen-bond acceptors (Lipinski definition) is 10. The van der Waals surface area contributed by atoms with Crippen LogP contribution in [0, 0.1) is 6.92 Å². The van der Waals surface area contributed by atoms with Gasteiger partial charge < -0.3 is 14.2 Å². The second kappa shape index (κ2) is 9.67. The molecular formula is C20H25N7O5S. The first-order chi connectivity index (χ1) is 15.9. The standard InChI is InChI=1S/C20H25N7O5S/c1-4-31-19-17-15(5-7-21-19)18-24-25-20(27(18)14(11-30-3)12-32-17)26-33(28,29)8-6-16-22-9-13(2)10-23-16/h5,7,9-10,14H,4,6,8,11-12H2,1-3H3,(H,25,26)/t14-/m1/s1. The fraction of sp³-hybridized carbons (Fsp3) is 0.450. The van der Waals surface area contributed by atoms with Gasteiger partial charge in [0.1, 0.15) is 12.4 Å². The molecule has 3 aromatic heterocycles. The minimum absolute atomic E-state index is 0.0723. The monoisotopic (exact) mass is 475 g/mol. The van der Waals surface area contributed by atoms with Crippen molar-refractivity contribution in [2.24, 2.45) is 0 Å². The van der Waals surface area contributed by atoms with Crippen molar-refractivity contribution in [3.8, 4) is 23.0 Å². The minimum Gasteiger partial charge on any atom is -0.485 e. The smallest absolute Gasteiger partial charge is 0.257 e. The highest BCUT2D eigenvalue weighted by molar-refractivity contribution is 7.92. The van der Waals surface area contributed by atoms with Crippen molar-refractivity contribution in [2.75, 3.05) is 37.4 Å². The lowest BCUT2D eigenvalue weighted by molar-refractivity contribution is 0.124. The van der Waals surface area contributed by atoms with E-state index in [4.69, 9.17) is 14.2 Å². The molecule has 0 unspecified atom stereocenters. The highest BCUT2D eigenvalue weighted by Gasteiger charge is 2.31. The quantitative estimate of drug-likeness (QED) is 0.482. The molecule has 176 valence electrons. The van der Waals surface area contributed by atoms with Crippen LogP contribution in [0.5, 0.6) is 11.6 Å². The normalized spacial score (nSPS) is 15.2. The first-order valence-electron chi connectivity index (χ1n) is 10.4. The van der Waals surface area contributed by atoms with E-state index in [0.717, 1.165) is 5.56 Å². The van der Waals surface area contributed by atoms with Gasteiger partial charge in [-0.2, -0.15) is 0 Å². The Morgan fingerprint density at radius 3 is 2.76 bits per heavy atom. The topological polar surface area (TPSA) is 143 Å². The summed E-state index contributed by atoms with van der Waals surface area (Å²) in [7, 11) is -2.21. The van der Waals surface area contributed by atoms with Gasteiger partial charge in [0.05, 0.1) is 30.6 Å². The van der Waals surface area contributed by atoms with E-state index < -0.39 is 10.0 Å². The zero-order chi connectivity index (χ0) is 23.4. The van der Waals surface area contributed by atoms with Crippen LogP contribution < -0.4 is 14.2 Å². The molecule has 4 rings (SSSR count). The van der Waals surface area contributed by atoms with E-state index in [-0.39, 0.29) is 37.4 Å². The number of hydrogen-bond donors (Lipinski definition) is 1. The minimum atomic E-state index is -3.76. The number of rotatable bonds is 9. The molecule has 1 aliphatic rings. The van der Waals surface area contributed by atoms with Gasteiger partial charge in [-0.1, -0.05) is 0 Å². The van der Waals surface area contributed by atoms with Crippen LogP contribution in [0.25, 0.3) is 11.4 Å². The molecule has 3 aromatic rings. The Balaban J connectivity index is 1.64. The summed E-state index contributed by atoms with van der Waals surface area (Å²) in [6.45, 7) is 4.57. The lowest BCUT2D eigenvalue weighted by atomic mass is 10.2. The molecule has 0 radical (unpaired) electrons. The Kier molecular flexibility index (Phi) is 6.70. The van der Waals surface area contributed by atoms with E-state index in [1.54, 1.807) is 36.3 Å². The van der Waals surface area contributed by atoms with Crippen LogP contribution in [-0.2, 0) is 21.2 Å². The number of aromatic nitrogens is 6. The Bertz CT molecular complexity index is 1210. The summed E-state index contributed by atoms with van der Waals surface area (Å²) in [4.78, 5) is 12.5. The third-order valence-corrected chi connectivity index (χ3v) is 6.14. The number of anilines is 1. The van der Waals surface area contributed by atoms with Crippen LogP contribution in [0.15, 0.2) is 24.7 Å². The van der Waals surface area contributed by atoms with Crippen LogP contribution >= 0.6 is 0 Å². The van der Waals surface area contributed by atoms with Crippen LogP contribution in [0.2, 0.25) is 0 Å². The molecule has 0 saturated carbocycles. The molecule has 0 bridgehead atoms. The van der Waals surface area contributed by atoms with E-state index in [0.29, 0.717) is 35.4 Å². The van der Waals surface area contributed by atoms with Crippen molar-refractivity contribution in [2.45, 2.75) is 26.3 Å². The molecule has 4 heterocycles. The molecule has 1 N–H and O–H groups in total. The largest absolute Gasteiger partial charge is 0.485 e. The van der Waals surface area contributed by atoms with Crippen molar-refractivity contribution >= 4 is 16.0 Å². The Morgan fingerprint density at radius 2 is 2.03 bits per heavy atom. The second-order valence-electron chi connectivity index (χ2n) is 7.41. The maximum atomic E-state index is 12.8. The maximum absolute atomic E-state index is 12.8. The average molecular weight is 476 g/mol. The third kappa shape index (κ3) is 5.03. The summed E-state index contributed by atoms with van der Waals surface area (Å²) in [6.07, 6.45) is 5.04. The number of aryl methyl sites for hydroxylation is 2. The Hall–Kier alpha value is -3.32. The van der Waals surface area contributed by atoms with Crippen LogP contribution in [0.3, 0.4) is 0 Å². The second-order valence-corrected chi connectivity index (χ2v) is 9.25. The molecule has 0 aliphatic carbocycles. The van der Waals surface area contributed by atoms with Gasteiger partial charge in [-0.05, 0) is 25.5 Å². The van der Waals surface area contributed by atoms with Crippen molar-refractivity contribution in [3.05, 3.63) is 36.0 Å². The summed E-state index contributed by atoms with van der Waals surface area (Å²) in [5, 5.41) is 8.36. The number of methoxy groups -OCH3 is 1. The molecule has 0 amide bonds. The van der Waals surface area contributed by atoms with Gasteiger partial charge >= 0.3 is 0 Å². The molecule has 1 aliphatic heterocycles. The number of pyridine rings is 1. The molecule has 13 heteroatoms. The first kappa shape index (κ1) is 22.9. The van der Waals surface area contributed by atoms with Crippen LogP contribution in [-0.4, -0.2) is 70.8 Å². The molecule has 0 fully saturated rings. The number of nitrogens with zero attached hydrogens (tertiary/aromatic N) is 6. The van der Waals surface area contributed by atoms with E-state index in [1.807, 2.05) is 13.8 Å².